The highest BCUT2D eigenvalue weighted by molar-refractivity contribution is 6.30. The molecule has 0 bridgehead atoms. The summed E-state index contributed by atoms with van der Waals surface area (Å²) in [6.07, 6.45) is 3.05. The van der Waals surface area contributed by atoms with Crippen molar-refractivity contribution in [2.75, 3.05) is 0 Å². The Morgan fingerprint density at radius 1 is 1.28 bits per heavy atom. The van der Waals surface area contributed by atoms with Gasteiger partial charge in [-0.1, -0.05) is 11.6 Å². The zero-order chi connectivity index (χ0) is 13.0. The van der Waals surface area contributed by atoms with Gasteiger partial charge in [0.05, 0.1) is 0 Å². The Bertz CT molecular complexity index is 534. The van der Waals surface area contributed by atoms with Crippen molar-refractivity contribution < 1.29 is 4.79 Å². The molecule has 0 saturated carbocycles. The Morgan fingerprint density at radius 3 is 2.67 bits per heavy atom. The molecular formula is C13H14ClN3O. The highest BCUT2D eigenvalue weighted by Crippen LogP contribution is 2.20. The minimum absolute atomic E-state index is 0.559. The molecule has 0 N–H and O–H groups in total. The van der Waals surface area contributed by atoms with Crippen LogP contribution in [0.2, 0.25) is 5.02 Å². The third kappa shape index (κ3) is 2.76. The van der Waals surface area contributed by atoms with Crippen LogP contribution in [0, 0.1) is 0 Å². The highest BCUT2D eigenvalue weighted by atomic mass is 35.5. The van der Waals surface area contributed by atoms with Crippen LogP contribution < -0.4 is 0 Å². The molecule has 1 heterocycles. The Morgan fingerprint density at radius 2 is 2.00 bits per heavy atom. The lowest BCUT2D eigenvalue weighted by atomic mass is 10.2. The van der Waals surface area contributed by atoms with E-state index in [0.717, 1.165) is 36.3 Å². The number of hydrogen-bond donors (Lipinski definition) is 0. The van der Waals surface area contributed by atoms with Crippen molar-refractivity contribution in [1.29, 1.82) is 0 Å². The van der Waals surface area contributed by atoms with Gasteiger partial charge in [0.1, 0.15) is 12.1 Å². The highest BCUT2D eigenvalue weighted by Gasteiger charge is 2.10. The van der Waals surface area contributed by atoms with Crippen LogP contribution in [0.1, 0.15) is 18.7 Å². The third-order valence-electron chi connectivity index (χ3n) is 2.79. The first-order valence-electron chi connectivity index (χ1n) is 5.80. The molecule has 0 aliphatic heterocycles. The largest absolute Gasteiger partial charge is 0.314 e. The average molecular weight is 264 g/mol. The second-order valence-corrected chi connectivity index (χ2v) is 4.50. The Kier molecular flexibility index (Phi) is 4.10. The maximum absolute atomic E-state index is 10.3. The molecule has 4 nitrogen and oxygen atoms in total. The zero-order valence-corrected chi connectivity index (χ0v) is 10.9. The second-order valence-electron chi connectivity index (χ2n) is 4.06. The van der Waals surface area contributed by atoms with Crippen molar-refractivity contribution in [3.8, 4) is 11.4 Å². The number of aromatic nitrogens is 3. The molecule has 0 amide bonds. The second kappa shape index (κ2) is 5.78. The maximum Gasteiger partial charge on any atom is 0.163 e. The number of rotatable bonds is 5. The fourth-order valence-electron chi connectivity index (χ4n) is 1.77. The summed E-state index contributed by atoms with van der Waals surface area (Å²) in [5.74, 6) is 1.70. The van der Waals surface area contributed by atoms with Crippen molar-refractivity contribution in [2.45, 2.75) is 19.3 Å². The normalized spacial score (nSPS) is 10.6. The maximum atomic E-state index is 10.3. The van der Waals surface area contributed by atoms with E-state index < -0.39 is 0 Å². The quantitative estimate of drug-likeness (QED) is 0.615. The summed E-state index contributed by atoms with van der Waals surface area (Å²) >= 11 is 5.85. The van der Waals surface area contributed by atoms with E-state index in [2.05, 4.69) is 10.2 Å². The first-order valence-corrected chi connectivity index (χ1v) is 6.18. The van der Waals surface area contributed by atoms with Crippen molar-refractivity contribution in [3.63, 3.8) is 0 Å². The Labute approximate surface area is 111 Å². The summed E-state index contributed by atoms with van der Waals surface area (Å²) in [7, 11) is 1.93. The number of unbranched alkanes of at least 4 members (excludes halogenated alkanes) is 1. The van der Waals surface area contributed by atoms with Crippen LogP contribution in [0.4, 0.5) is 0 Å². The molecule has 1 aromatic heterocycles. The van der Waals surface area contributed by atoms with E-state index in [4.69, 9.17) is 11.6 Å². The molecule has 0 unspecified atom stereocenters. The Balaban J connectivity index is 2.19. The van der Waals surface area contributed by atoms with Crippen molar-refractivity contribution in [1.82, 2.24) is 14.8 Å². The molecule has 1 aromatic carbocycles. The number of carbonyl (C=O) groups excluding carboxylic acids is 1. The molecule has 0 aliphatic rings. The van der Waals surface area contributed by atoms with Gasteiger partial charge in [-0.15, -0.1) is 10.2 Å². The summed E-state index contributed by atoms with van der Waals surface area (Å²) in [5.41, 5.74) is 0.982. The lowest BCUT2D eigenvalue weighted by Gasteiger charge is -2.03. The number of aldehydes is 1. The molecule has 0 fully saturated rings. The predicted molar refractivity (Wildman–Crippen MR) is 70.5 cm³/mol. The van der Waals surface area contributed by atoms with Crippen LogP contribution in [0.5, 0.6) is 0 Å². The molecule has 2 rings (SSSR count). The number of nitrogens with zero attached hydrogens (tertiary/aromatic N) is 3. The SMILES string of the molecule is Cn1c(CCCC=O)nnc1-c1ccc(Cl)cc1. The zero-order valence-electron chi connectivity index (χ0n) is 10.1. The Hall–Kier alpha value is -1.68. The van der Waals surface area contributed by atoms with Gasteiger partial charge >= 0.3 is 0 Å². The third-order valence-corrected chi connectivity index (χ3v) is 3.04. The summed E-state index contributed by atoms with van der Waals surface area (Å²) in [4.78, 5) is 10.3. The van der Waals surface area contributed by atoms with E-state index in [1.807, 2.05) is 35.9 Å². The molecule has 0 spiro atoms. The van der Waals surface area contributed by atoms with Gasteiger partial charge in [-0.05, 0) is 30.7 Å². The number of hydrogen-bond acceptors (Lipinski definition) is 3. The molecule has 2 aromatic rings. The molecule has 0 atom stereocenters. The van der Waals surface area contributed by atoms with Gasteiger partial charge in [-0.3, -0.25) is 0 Å². The number of carbonyl (C=O) groups is 1. The lowest BCUT2D eigenvalue weighted by Crippen LogP contribution is -2.00. The molecule has 0 saturated heterocycles. The predicted octanol–water partition coefficient (Wildman–Crippen LogP) is 2.66. The summed E-state index contributed by atoms with van der Waals surface area (Å²) in [5, 5.41) is 9.03. The fourth-order valence-corrected chi connectivity index (χ4v) is 1.90. The van der Waals surface area contributed by atoms with Crippen LogP contribution in [-0.4, -0.2) is 21.1 Å². The lowest BCUT2D eigenvalue weighted by molar-refractivity contribution is -0.107. The first-order chi connectivity index (χ1) is 8.72. The van der Waals surface area contributed by atoms with Gasteiger partial charge < -0.3 is 9.36 Å². The molecular weight excluding hydrogens is 250 g/mol. The van der Waals surface area contributed by atoms with E-state index >= 15 is 0 Å². The van der Waals surface area contributed by atoms with Gasteiger partial charge in [0.15, 0.2) is 5.82 Å². The van der Waals surface area contributed by atoms with Crippen LogP contribution in [0.3, 0.4) is 0 Å². The number of halogens is 1. The monoisotopic (exact) mass is 263 g/mol. The van der Waals surface area contributed by atoms with E-state index in [1.54, 1.807) is 0 Å². The van der Waals surface area contributed by atoms with Gasteiger partial charge in [0, 0.05) is 30.5 Å². The van der Waals surface area contributed by atoms with Gasteiger partial charge in [-0.2, -0.15) is 0 Å². The van der Waals surface area contributed by atoms with Crippen molar-refractivity contribution in [2.24, 2.45) is 7.05 Å². The summed E-state index contributed by atoms with van der Waals surface area (Å²) < 4.78 is 1.95. The minimum Gasteiger partial charge on any atom is -0.314 e. The number of benzene rings is 1. The summed E-state index contributed by atoms with van der Waals surface area (Å²) in [6, 6.07) is 7.50. The van der Waals surface area contributed by atoms with Gasteiger partial charge in [0.2, 0.25) is 0 Å². The fraction of sp³-hybridized carbons (Fsp3) is 0.308. The smallest absolute Gasteiger partial charge is 0.163 e. The van der Waals surface area contributed by atoms with Crippen molar-refractivity contribution >= 4 is 17.9 Å². The molecule has 5 heteroatoms. The van der Waals surface area contributed by atoms with Crippen LogP contribution in [0.25, 0.3) is 11.4 Å². The van der Waals surface area contributed by atoms with Crippen LogP contribution >= 0.6 is 11.6 Å². The average Bonchev–Trinajstić information content (AvgIpc) is 2.73. The van der Waals surface area contributed by atoms with E-state index in [9.17, 15) is 4.79 Å². The van der Waals surface area contributed by atoms with E-state index in [-0.39, 0.29) is 0 Å². The first kappa shape index (κ1) is 12.8. The number of aryl methyl sites for hydroxylation is 1. The van der Waals surface area contributed by atoms with E-state index in [0.29, 0.717) is 11.4 Å². The van der Waals surface area contributed by atoms with E-state index in [1.165, 1.54) is 0 Å². The topological polar surface area (TPSA) is 47.8 Å². The summed E-state index contributed by atoms with van der Waals surface area (Å²) in [6.45, 7) is 0. The van der Waals surface area contributed by atoms with Crippen molar-refractivity contribution in [3.05, 3.63) is 35.1 Å². The standard InChI is InChI=1S/C13H14ClN3O/c1-17-12(4-2-3-9-18)15-16-13(17)10-5-7-11(14)8-6-10/h5-9H,2-4H2,1H3. The van der Waals surface area contributed by atoms with Crippen LogP contribution in [0.15, 0.2) is 24.3 Å². The van der Waals surface area contributed by atoms with Gasteiger partial charge in [0.25, 0.3) is 0 Å². The van der Waals surface area contributed by atoms with Crippen LogP contribution in [-0.2, 0) is 18.3 Å². The molecule has 0 radical (unpaired) electrons. The molecule has 18 heavy (non-hydrogen) atoms. The minimum atomic E-state index is 0.559. The molecule has 94 valence electrons. The van der Waals surface area contributed by atoms with Gasteiger partial charge in [-0.25, -0.2) is 0 Å². The molecule has 0 aliphatic carbocycles.